The van der Waals surface area contributed by atoms with Crippen LogP contribution in [0, 0.1) is 0 Å². The lowest BCUT2D eigenvalue weighted by atomic mass is 9.96. The van der Waals surface area contributed by atoms with Crippen LogP contribution < -0.4 is 0 Å². The van der Waals surface area contributed by atoms with Crippen LogP contribution in [-0.4, -0.2) is 45.1 Å². The normalized spacial score (nSPS) is 12.6. The number of nitrogens with zero attached hydrogens (tertiary/aromatic N) is 3. The zero-order valence-corrected chi connectivity index (χ0v) is 16.3. The highest BCUT2D eigenvalue weighted by Crippen LogP contribution is 2.19. The van der Waals surface area contributed by atoms with Crippen LogP contribution in [0.15, 0.2) is 34.9 Å². The Morgan fingerprint density at radius 2 is 1.89 bits per heavy atom. The lowest BCUT2D eigenvalue weighted by Crippen LogP contribution is -2.43. The number of hydrogen-bond donors (Lipinski definition) is 1. The van der Waals surface area contributed by atoms with E-state index in [4.69, 9.17) is 4.52 Å². The van der Waals surface area contributed by atoms with Crippen LogP contribution in [0.25, 0.3) is 0 Å². The van der Waals surface area contributed by atoms with Crippen LogP contribution >= 0.6 is 0 Å². The van der Waals surface area contributed by atoms with E-state index in [2.05, 4.69) is 10.1 Å². The molecule has 1 aromatic carbocycles. The number of hydrogen-bond acceptors (Lipinski definition) is 5. The summed E-state index contributed by atoms with van der Waals surface area (Å²) < 4.78 is 5.22. The van der Waals surface area contributed by atoms with E-state index < -0.39 is 12.0 Å². The van der Waals surface area contributed by atoms with Gasteiger partial charge in [-0.2, -0.15) is 4.98 Å². The van der Waals surface area contributed by atoms with Crippen molar-refractivity contribution in [3.05, 3.63) is 47.6 Å². The van der Waals surface area contributed by atoms with Gasteiger partial charge in [0.05, 0.1) is 0 Å². The van der Waals surface area contributed by atoms with E-state index in [-0.39, 0.29) is 24.2 Å². The molecule has 2 aromatic rings. The molecule has 0 aliphatic heterocycles. The number of aryl methyl sites for hydroxylation is 1. The van der Waals surface area contributed by atoms with E-state index in [1.54, 1.807) is 0 Å². The van der Waals surface area contributed by atoms with Gasteiger partial charge in [-0.05, 0) is 12.0 Å². The van der Waals surface area contributed by atoms with Crippen molar-refractivity contribution >= 4 is 11.9 Å². The van der Waals surface area contributed by atoms with Gasteiger partial charge in [0.1, 0.15) is 6.04 Å². The number of likely N-dealkylation sites (N-methyl/N-ethyl adjacent to an activating group) is 1. The highest BCUT2D eigenvalue weighted by molar-refractivity contribution is 5.83. The van der Waals surface area contributed by atoms with Gasteiger partial charge >= 0.3 is 5.97 Å². The standard InChI is InChI=1S/C20H27N3O4/c1-20(2,3)19-21-16(27-22-19)11-8-12-17(24)23(4)15(18(25)26)13-14-9-6-5-7-10-14/h5-7,9-10,15H,8,11-13H2,1-4H3,(H,25,26). The maximum Gasteiger partial charge on any atom is 0.326 e. The Morgan fingerprint density at radius 3 is 2.44 bits per heavy atom. The monoisotopic (exact) mass is 373 g/mol. The highest BCUT2D eigenvalue weighted by atomic mass is 16.5. The summed E-state index contributed by atoms with van der Waals surface area (Å²) in [5.41, 5.74) is 0.689. The van der Waals surface area contributed by atoms with Gasteiger partial charge in [0.15, 0.2) is 5.82 Å². The SMILES string of the molecule is CN(C(=O)CCCc1nc(C(C)(C)C)no1)C(Cc1ccccc1)C(=O)O. The Bertz CT molecular complexity index is 765. The van der Waals surface area contributed by atoms with Crippen molar-refractivity contribution in [3.8, 4) is 0 Å². The van der Waals surface area contributed by atoms with Crippen LogP contribution in [0.4, 0.5) is 0 Å². The molecule has 1 N–H and O–H groups in total. The number of benzene rings is 1. The summed E-state index contributed by atoms with van der Waals surface area (Å²) in [4.78, 5) is 29.7. The molecule has 7 nitrogen and oxygen atoms in total. The number of aromatic nitrogens is 2. The van der Waals surface area contributed by atoms with E-state index in [1.165, 1.54) is 11.9 Å². The number of amides is 1. The first-order valence-electron chi connectivity index (χ1n) is 9.04. The number of rotatable bonds is 8. The summed E-state index contributed by atoms with van der Waals surface area (Å²) in [6.45, 7) is 6.00. The summed E-state index contributed by atoms with van der Waals surface area (Å²) in [5.74, 6) is -0.0977. The average Bonchev–Trinajstić information content (AvgIpc) is 3.09. The molecule has 146 valence electrons. The smallest absolute Gasteiger partial charge is 0.326 e. The van der Waals surface area contributed by atoms with Crippen LogP contribution in [-0.2, 0) is 27.8 Å². The lowest BCUT2D eigenvalue weighted by Gasteiger charge is -2.25. The Labute approximate surface area is 159 Å². The molecule has 0 saturated carbocycles. The Morgan fingerprint density at radius 1 is 1.22 bits per heavy atom. The molecule has 1 unspecified atom stereocenters. The fraction of sp³-hybridized carbons (Fsp3) is 0.500. The molecule has 0 aliphatic carbocycles. The zero-order valence-electron chi connectivity index (χ0n) is 16.3. The van der Waals surface area contributed by atoms with Crippen LogP contribution in [0.5, 0.6) is 0 Å². The molecule has 0 bridgehead atoms. The van der Waals surface area contributed by atoms with Crippen molar-refractivity contribution in [3.63, 3.8) is 0 Å². The van der Waals surface area contributed by atoms with E-state index in [1.807, 2.05) is 51.1 Å². The predicted molar refractivity (Wildman–Crippen MR) is 100 cm³/mol. The second kappa shape index (κ2) is 8.79. The summed E-state index contributed by atoms with van der Waals surface area (Å²) >= 11 is 0. The van der Waals surface area contributed by atoms with Crippen molar-refractivity contribution in [1.82, 2.24) is 15.0 Å². The molecule has 0 aliphatic rings. The summed E-state index contributed by atoms with van der Waals surface area (Å²) in [6, 6.07) is 8.40. The minimum absolute atomic E-state index is 0.191. The third kappa shape index (κ3) is 5.91. The Kier molecular flexibility index (Phi) is 6.71. The van der Waals surface area contributed by atoms with E-state index in [0.717, 1.165) is 5.56 Å². The summed E-state index contributed by atoms with van der Waals surface area (Å²) in [7, 11) is 1.54. The highest BCUT2D eigenvalue weighted by Gasteiger charge is 2.27. The average molecular weight is 373 g/mol. The first-order valence-corrected chi connectivity index (χ1v) is 9.04. The van der Waals surface area contributed by atoms with Gasteiger partial charge in [0, 0.05) is 31.7 Å². The van der Waals surface area contributed by atoms with E-state index >= 15 is 0 Å². The predicted octanol–water partition coefficient (Wildman–Crippen LogP) is 2.84. The quantitative estimate of drug-likeness (QED) is 0.764. The number of carbonyl (C=O) groups excluding carboxylic acids is 1. The number of carboxylic acid groups (broad SMARTS) is 1. The third-order valence-electron chi connectivity index (χ3n) is 4.34. The zero-order chi connectivity index (χ0) is 20.0. The first kappa shape index (κ1) is 20.6. The van der Waals surface area contributed by atoms with Gasteiger partial charge in [-0.3, -0.25) is 4.79 Å². The van der Waals surface area contributed by atoms with Gasteiger partial charge in [0.25, 0.3) is 0 Å². The van der Waals surface area contributed by atoms with Crippen molar-refractivity contribution < 1.29 is 19.2 Å². The van der Waals surface area contributed by atoms with Gasteiger partial charge < -0.3 is 14.5 Å². The van der Waals surface area contributed by atoms with Crippen molar-refractivity contribution in [2.45, 2.75) is 57.9 Å². The largest absolute Gasteiger partial charge is 0.480 e. The second-order valence-electron chi connectivity index (χ2n) is 7.66. The first-order chi connectivity index (χ1) is 12.7. The van der Waals surface area contributed by atoms with Crippen molar-refractivity contribution in [2.24, 2.45) is 0 Å². The minimum atomic E-state index is -1.01. The van der Waals surface area contributed by atoms with E-state index in [0.29, 0.717) is 24.6 Å². The van der Waals surface area contributed by atoms with Crippen molar-refractivity contribution in [1.29, 1.82) is 0 Å². The lowest BCUT2D eigenvalue weighted by molar-refractivity contribution is -0.149. The van der Waals surface area contributed by atoms with Crippen LogP contribution in [0.3, 0.4) is 0 Å². The Hall–Kier alpha value is -2.70. The molecule has 0 radical (unpaired) electrons. The summed E-state index contributed by atoms with van der Waals surface area (Å²) in [6.07, 6.45) is 1.50. The molecule has 1 heterocycles. The molecule has 7 heteroatoms. The van der Waals surface area contributed by atoms with Crippen LogP contribution in [0.1, 0.15) is 50.9 Å². The molecule has 2 rings (SSSR count). The van der Waals surface area contributed by atoms with Crippen molar-refractivity contribution in [2.75, 3.05) is 7.05 Å². The van der Waals surface area contributed by atoms with Gasteiger partial charge in [-0.25, -0.2) is 4.79 Å². The third-order valence-corrected chi connectivity index (χ3v) is 4.34. The van der Waals surface area contributed by atoms with Gasteiger partial charge in [0.2, 0.25) is 11.8 Å². The molecule has 1 aromatic heterocycles. The van der Waals surface area contributed by atoms with Gasteiger partial charge in [-0.15, -0.1) is 0 Å². The van der Waals surface area contributed by atoms with E-state index in [9.17, 15) is 14.7 Å². The fourth-order valence-corrected chi connectivity index (χ4v) is 2.63. The molecular formula is C20H27N3O4. The maximum absolute atomic E-state index is 12.4. The molecule has 27 heavy (non-hydrogen) atoms. The molecule has 0 fully saturated rings. The molecule has 1 atom stereocenters. The number of carboxylic acids is 1. The molecule has 1 amide bonds. The number of aliphatic carboxylic acids is 1. The fourth-order valence-electron chi connectivity index (χ4n) is 2.63. The molecular weight excluding hydrogens is 346 g/mol. The molecule has 0 spiro atoms. The summed E-state index contributed by atoms with van der Waals surface area (Å²) in [5, 5.41) is 13.5. The van der Waals surface area contributed by atoms with Crippen LogP contribution in [0.2, 0.25) is 0 Å². The minimum Gasteiger partial charge on any atom is -0.480 e. The molecule has 0 saturated heterocycles. The van der Waals surface area contributed by atoms with Gasteiger partial charge in [-0.1, -0.05) is 56.3 Å². The maximum atomic E-state index is 12.4. The topological polar surface area (TPSA) is 96.5 Å². The second-order valence-corrected chi connectivity index (χ2v) is 7.66. The Balaban J connectivity index is 1.89. The number of carbonyl (C=O) groups is 2.